The average Bonchev–Trinajstić information content (AvgIpc) is 3.08. The molecule has 1 fully saturated rings. The summed E-state index contributed by atoms with van der Waals surface area (Å²) in [7, 11) is 0. The van der Waals surface area contributed by atoms with Gasteiger partial charge in [0.1, 0.15) is 0 Å². The second kappa shape index (κ2) is 8.25. The van der Waals surface area contributed by atoms with Gasteiger partial charge in [0.05, 0.1) is 5.25 Å². The maximum absolute atomic E-state index is 12.6. The number of hydrogen-bond donors (Lipinski definition) is 1. The summed E-state index contributed by atoms with van der Waals surface area (Å²) in [4.78, 5) is 12.6. The van der Waals surface area contributed by atoms with Gasteiger partial charge in [-0.05, 0) is 44.2 Å². The highest BCUT2D eigenvalue weighted by molar-refractivity contribution is 8.00. The second-order valence-corrected chi connectivity index (χ2v) is 8.67. The van der Waals surface area contributed by atoms with E-state index >= 15 is 0 Å². The number of aromatic nitrogens is 2. The van der Waals surface area contributed by atoms with Gasteiger partial charge in [-0.15, -0.1) is 10.2 Å². The molecule has 1 heterocycles. The van der Waals surface area contributed by atoms with Crippen LogP contribution in [0.25, 0.3) is 11.5 Å². The van der Waals surface area contributed by atoms with Crippen molar-refractivity contribution in [3.8, 4) is 11.5 Å². The van der Waals surface area contributed by atoms with Crippen LogP contribution in [0.4, 0.5) is 0 Å². The summed E-state index contributed by atoms with van der Waals surface area (Å²) in [6.45, 7) is 8.42. The number of carbonyl (C=O) groups is 1. The number of benzene rings is 1. The quantitative estimate of drug-likeness (QED) is 0.783. The van der Waals surface area contributed by atoms with Gasteiger partial charge in [0.25, 0.3) is 5.22 Å². The van der Waals surface area contributed by atoms with Crippen LogP contribution in [0.3, 0.4) is 0 Å². The fourth-order valence-corrected chi connectivity index (χ4v) is 4.05. The van der Waals surface area contributed by atoms with Crippen molar-refractivity contribution in [2.24, 2.45) is 11.8 Å². The van der Waals surface area contributed by atoms with Crippen molar-refractivity contribution in [1.82, 2.24) is 15.5 Å². The molecule has 2 aromatic rings. The first-order valence-corrected chi connectivity index (χ1v) is 10.2. The molecule has 1 N–H and O–H groups in total. The Hall–Kier alpha value is -1.82. The molecule has 0 radical (unpaired) electrons. The molecular formula is C20H27N3O2S. The third kappa shape index (κ3) is 4.47. The molecule has 1 amide bonds. The summed E-state index contributed by atoms with van der Waals surface area (Å²) in [6, 6.07) is 8.20. The van der Waals surface area contributed by atoms with Gasteiger partial charge in [-0.2, -0.15) is 0 Å². The van der Waals surface area contributed by atoms with E-state index in [1.165, 1.54) is 30.2 Å². The maximum atomic E-state index is 12.6. The molecule has 1 aliphatic rings. The summed E-state index contributed by atoms with van der Waals surface area (Å²) in [5.41, 5.74) is 2.07. The smallest absolute Gasteiger partial charge is 0.277 e. The van der Waals surface area contributed by atoms with E-state index in [1.54, 1.807) is 0 Å². The summed E-state index contributed by atoms with van der Waals surface area (Å²) in [6.07, 6.45) is 3.50. The van der Waals surface area contributed by atoms with Crippen LogP contribution in [-0.4, -0.2) is 27.4 Å². The first kappa shape index (κ1) is 19.0. The van der Waals surface area contributed by atoms with Crippen molar-refractivity contribution < 1.29 is 9.21 Å². The van der Waals surface area contributed by atoms with Crippen LogP contribution in [0, 0.1) is 18.8 Å². The Morgan fingerprint density at radius 1 is 1.23 bits per heavy atom. The normalized spacial score (nSPS) is 24.2. The molecule has 26 heavy (non-hydrogen) atoms. The second-order valence-electron chi connectivity index (χ2n) is 7.38. The van der Waals surface area contributed by atoms with Crippen molar-refractivity contribution in [2.45, 2.75) is 63.5 Å². The van der Waals surface area contributed by atoms with Crippen molar-refractivity contribution >= 4 is 17.7 Å². The highest BCUT2D eigenvalue weighted by Gasteiger charge is 2.29. The Morgan fingerprint density at radius 2 is 1.96 bits per heavy atom. The minimum atomic E-state index is -0.272. The van der Waals surface area contributed by atoms with E-state index in [4.69, 9.17) is 4.42 Å². The standard InChI is InChI=1S/C20H27N3O2S/c1-12-8-10-16(11-9-12)19-22-23-20(25-19)26-15(4)18(24)21-17-7-5-6-13(2)14(17)3/h8-11,13-15,17H,5-7H2,1-4H3,(H,21,24)/t13-,14-,15+,17-/m0/s1. The monoisotopic (exact) mass is 373 g/mol. The van der Waals surface area contributed by atoms with Gasteiger partial charge in [0.15, 0.2) is 0 Å². The lowest BCUT2D eigenvalue weighted by Gasteiger charge is -2.35. The van der Waals surface area contributed by atoms with Crippen molar-refractivity contribution in [1.29, 1.82) is 0 Å². The van der Waals surface area contributed by atoms with Gasteiger partial charge in [-0.1, -0.05) is 56.1 Å². The van der Waals surface area contributed by atoms with Crippen LogP contribution >= 0.6 is 11.8 Å². The zero-order chi connectivity index (χ0) is 18.7. The number of nitrogens with zero attached hydrogens (tertiary/aromatic N) is 2. The van der Waals surface area contributed by atoms with Gasteiger partial charge in [0, 0.05) is 11.6 Å². The molecule has 5 nitrogen and oxygen atoms in total. The summed E-state index contributed by atoms with van der Waals surface area (Å²) in [5.74, 6) is 1.69. The topological polar surface area (TPSA) is 68.0 Å². The van der Waals surface area contributed by atoms with Gasteiger partial charge >= 0.3 is 0 Å². The lowest BCUT2D eigenvalue weighted by Crippen LogP contribution is -2.46. The van der Waals surface area contributed by atoms with Crippen molar-refractivity contribution in [3.05, 3.63) is 29.8 Å². The Bertz CT molecular complexity index is 744. The van der Waals surface area contributed by atoms with Crippen LogP contribution in [0.1, 0.15) is 45.6 Å². The lowest BCUT2D eigenvalue weighted by atomic mass is 9.78. The van der Waals surface area contributed by atoms with Crippen LogP contribution < -0.4 is 5.32 Å². The first-order chi connectivity index (χ1) is 12.4. The summed E-state index contributed by atoms with van der Waals surface area (Å²) >= 11 is 1.31. The largest absolute Gasteiger partial charge is 0.411 e. The molecular weight excluding hydrogens is 346 g/mol. The fourth-order valence-electron chi connectivity index (χ4n) is 3.36. The molecule has 1 aromatic carbocycles. The number of nitrogens with one attached hydrogen (secondary N) is 1. The third-order valence-corrected chi connectivity index (χ3v) is 6.32. The van der Waals surface area contributed by atoms with Gasteiger partial charge < -0.3 is 9.73 Å². The summed E-state index contributed by atoms with van der Waals surface area (Å²) < 4.78 is 5.72. The molecule has 1 aliphatic carbocycles. The SMILES string of the molecule is Cc1ccc(-c2nnc(S[C@H](C)C(=O)N[C@H]3CCC[C@H](C)[C@@H]3C)o2)cc1. The molecule has 0 saturated heterocycles. The van der Waals surface area contributed by atoms with Crippen molar-refractivity contribution in [2.75, 3.05) is 0 Å². The maximum Gasteiger partial charge on any atom is 0.277 e. The third-order valence-electron chi connectivity index (χ3n) is 5.39. The van der Waals surface area contributed by atoms with Crippen molar-refractivity contribution in [3.63, 3.8) is 0 Å². The van der Waals surface area contributed by atoms with E-state index in [0.29, 0.717) is 22.9 Å². The van der Waals surface area contributed by atoms with Gasteiger partial charge in [-0.3, -0.25) is 4.79 Å². The fraction of sp³-hybridized carbons (Fsp3) is 0.550. The minimum absolute atomic E-state index is 0.0380. The van der Waals surface area contributed by atoms with E-state index < -0.39 is 0 Å². The molecule has 6 heteroatoms. The molecule has 1 saturated carbocycles. The Labute approximate surface area is 159 Å². The molecule has 0 bridgehead atoms. The Balaban J connectivity index is 1.58. The highest BCUT2D eigenvalue weighted by Crippen LogP contribution is 2.30. The number of amides is 1. The Morgan fingerprint density at radius 3 is 2.69 bits per heavy atom. The summed E-state index contributed by atoms with van der Waals surface area (Å²) in [5, 5.41) is 11.5. The Kier molecular flexibility index (Phi) is 6.01. The van der Waals surface area contributed by atoms with E-state index in [9.17, 15) is 4.79 Å². The van der Waals surface area contributed by atoms with Crippen LogP contribution in [0.15, 0.2) is 33.9 Å². The van der Waals surface area contributed by atoms with E-state index in [1.807, 2.05) is 38.1 Å². The molecule has 0 aliphatic heterocycles. The van der Waals surface area contributed by atoms with Crippen LogP contribution in [0.2, 0.25) is 0 Å². The predicted molar refractivity (Wildman–Crippen MR) is 104 cm³/mol. The van der Waals surface area contributed by atoms with E-state index in [0.717, 1.165) is 12.0 Å². The van der Waals surface area contributed by atoms with Gasteiger partial charge in [0.2, 0.25) is 11.8 Å². The van der Waals surface area contributed by atoms with Crippen LogP contribution in [-0.2, 0) is 4.79 Å². The van der Waals surface area contributed by atoms with Gasteiger partial charge in [-0.25, -0.2) is 0 Å². The number of thioether (sulfide) groups is 1. The molecule has 0 unspecified atom stereocenters. The van der Waals surface area contributed by atoms with Crippen LogP contribution in [0.5, 0.6) is 0 Å². The lowest BCUT2D eigenvalue weighted by molar-refractivity contribution is -0.121. The number of rotatable bonds is 5. The van der Waals surface area contributed by atoms with E-state index in [2.05, 4.69) is 29.4 Å². The predicted octanol–water partition coefficient (Wildman–Crippen LogP) is 4.47. The average molecular weight is 374 g/mol. The first-order valence-electron chi connectivity index (χ1n) is 9.31. The zero-order valence-electron chi connectivity index (χ0n) is 15.9. The zero-order valence-corrected chi connectivity index (χ0v) is 16.7. The minimum Gasteiger partial charge on any atom is -0.411 e. The highest BCUT2D eigenvalue weighted by atomic mass is 32.2. The van der Waals surface area contributed by atoms with E-state index in [-0.39, 0.29) is 17.2 Å². The molecule has 1 aromatic heterocycles. The molecule has 4 atom stereocenters. The number of hydrogen-bond acceptors (Lipinski definition) is 5. The number of aryl methyl sites for hydroxylation is 1. The number of carbonyl (C=O) groups excluding carboxylic acids is 1. The molecule has 0 spiro atoms. The molecule has 3 rings (SSSR count). The molecule has 140 valence electrons.